The average molecular weight is 393 g/mol. The van der Waals surface area contributed by atoms with Crippen LogP contribution in [0.5, 0.6) is 0 Å². The van der Waals surface area contributed by atoms with Crippen LogP contribution >= 0.6 is 0 Å². The highest BCUT2D eigenvalue weighted by Gasteiger charge is 2.23. The molecule has 1 amide bonds. The number of carbonyl (C=O) groups excluding carboxylic acids is 2. The SMILES string of the molecule is C#CCN(CC)CCNC(=O)c1ccc(C(=O)c2ccc(C)cc2)c([N+](=O)[O-])c1. The van der Waals surface area contributed by atoms with Gasteiger partial charge in [0.1, 0.15) is 5.56 Å². The number of terminal acetylenes is 1. The molecule has 7 nitrogen and oxygen atoms in total. The number of carbonyl (C=O) groups is 2. The summed E-state index contributed by atoms with van der Waals surface area (Å²) in [6.07, 6.45) is 5.29. The molecule has 0 radical (unpaired) electrons. The third-order valence-corrected chi connectivity index (χ3v) is 4.49. The quantitative estimate of drug-likeness (QED) is 0.306. The van der Waals surface area contributed by atoms with Crippen LogP contribution in [-0.4, -0.2) is 47.7 Å². The number of likely N-dealkylation sites (N-methyl/N-ethyl adjacent to an activating group) is 1. The molecular formula is C22H23N3O4. The molecule has 0 aliphatic heterocycles. The fourth-order valence-corrected chi connectivity index (χ4v) is 2.78. The molecule has 0 saturated carbocycles. The van der Waals surface area contributed by atoms with Crippen molar-refractivity contribution in [1.82, 2.24) is 10.2 Å². The normalized spacial score (nSPS) is 10.4. The van der Waals surface area contributed by atoms with Crippen molar-refractivity contribution >= 4 is 17.4 Å². The van der Waals surface area contributed by atoms with Crippen molar-refractivity contribution < 1.29 is 14.5 Å². The van der Waals surface area contributed by atoms with Gasteiger partial charge in [-0.3, -0.25) is 24.6 Å². The van der Waals surface area contributed by atoms with E-state index in [2.05, 4.69) is 11.2 Å². The average Bonchev–Trinajstić information content (AvgIpc) is 2.72. The summed E-state index contributed by atoms with van der Waals surface area (Å²) in [7, 11) is 0. The third-order valence-electron chi connectivity index (χ3n) is 4.49. The summed E-state index contributed by atoms with van der Waals surface area (Å²) >= 11 is 0. The zero-order valence-corrected chi connectivity index (χ0v) is 16.5. The summed E-state index contributed by atoms with van der Waals surface area (Å²) < 4.78 is 0. The molecule has 29 heavy (non-hydrogen) atoms. The Morgan fingerprint density at radius 1 is 1.17 bits per heavy atom. The van der Waals surface area contributed by atoms with Crippen LogP contribution in [0.15, 0.2) is 42.5 Å². The number of ketones is 1. The van der Waals surface area contributed by atoms with Crippen LogP contribution in [0.25, 0.3) is 0 Å². The Balaban J connectivity index is 2.17. The highest BCUT2D eigenvalue weighted by atomic mass is 16.6. The summed E-state index contributed by atoms with van der Waals surface area (Å²) in [5, 5.41) is 14.2. The maximum absolute atomic E-state index is 12.7. The zero-order valence-electron chi connectivity index (χ0n) is 16.5. The first-order chi connectivity index (χ1) is 13.9. The molecule has 7 heteroatoms. The molecule has 0 spiro atoms. The van der Waals surface area contributed by atoms with Gasteiger partial charge in [0.05, 0.1) is 11.5 Å². The standard InChI is InChI=1S/C22H23N3O4/c1-4-13-24(5-2)14-12-23-22(27)18-10-11-19(20(15-18)25(28)29)21(26)17-8-6-16(3)7-9-17/h1,6-11,15H,5,12-14H2,2-3H3,(H,23,27). The fraction of sp³-hybridized carbons (Fsp3) is 0.273. The minimum absolute atomic E-state index is 0.0541. The highest BCUT2D eigenvalue weighted by molar-refractivity contribution is 6.12. The number of amides is 1. The van der Waals surface area contributed by atoms with Crippen LogP contribution in [0.1, 0.15) is 38.8 Å². The van der Waals surface area contributed by atoms with Crippen molar-refractivity contribution in [3.63, 3.8) is 0 Å². The lowest BCUT2D eigenvalue weighted by atomic mass is 9.99. The largest absolute Gasteiger partial charge is 0.351 e. The summed E-state index contributed by atoms with van der Waals surface area (Å²) in [4.78, 5) is 37.9. The van der Waals surface area contributed by atoms with E-state index in [4.69, 9.17) is 6.42 Å². The van der Waals surface area contributed by atoms with Gasteiger partial charge in [-0.25, -0.2) is 0 Å². The lowest BCUT2D eigenvalue weighted by Crippen LogP contribution is -2.35. The molecule has 0 aliphatic carbocycles. The fourth-order valence-electron chi connectivity index (χ4n) is 2.78. The van der Waals surface area contributed by atoms with Crippen LogP contribution < -0.4 is 5.32 Å². The molecule has 0 aromatic heterocycles. The molecule has 0 heterocycles. The molecule has 0 aliphatic rings. The summed E-state index contributed by atoms with van der Waals surface area (Å²) in [6, 6.07) is 10.7. The number of rotatable bonds is 9. The molecule has 2 aromatic carbocycles. The first kappa shape index (κ1) is 21.8. The number of nitro benzene ring substituents is 1. The number of hydrogen-bond acceptors (Lipinski definition) is 5. The molecule has 1 N–H and O–H groups in total. The number of benzene rings is 2. The minimum Gasteiger partial charge on any atom is -0.351 e. The summed E-state index contributed by atoms with van der Waals surface area (Å²) in [6.45, 7) is 6.00. The lowest BCUT2D eigenvalue weighted by molar-refractivity contribution is -0.385. The third kappa shape index (κ3) is 5.74. The van der Waals surface area contributed by atoms with Crippen LogP contribution in [0.2, 0.25) is 0 Å². The van der Waals surface area contributed by atoms with Crippen molar-refractivity contribution in [3.8, 4) is 12.3 Å². The van der Waals surface area contributed by atoms with Crippen molar-refractivity contribution in [2.45, 2.75) is 13.8 Å². The Hall–Kier alpha value is -3.50. The molecule has 0 unspecified atom stereocenters. The monoisotopic (exact) mass is 393 g/mol. The Kier molecular flexibility index (Phi) is 7.63. The smallest absolute Gasteiger partial charge is 0.281 e. The Bertz CT molecular complexity index is 946. The number of aryl methyl sites for hydroxylation is 1. The Labute approximate surface area is 169 Å². The molecule has 2 aromatic rings. The zero-order chi connectivity index (χ0) is 21.4. The van der Waals surface area contributed by atoms with Crippen molar-refractivity contribution in [2.75, 3.05) is 26.2 Å². The Morgan fingerprint density at radius 2 is 1.83 bits per heavy atom. The predicted octanol–water partition coefficient (Wildman–Crippen LogP) is 2.82. The first-order valence-corrected chi connectivity index (χ1v) is 9.21. The lowest BCUT2D eigenvalue weighted by Gasteiger charge is -2.17. The van der Waals surface area contributed by atoms with E-state index >= 15 is 0 Å². The molecule has 0 saturated heterocycles. The van der Waals surface area contributed by atoms with Gasteiger partial charge >= 0.3 is 0 Å². The summed E-state index contributed by atoms with van der Waals surface area (Å²) in [5.41, 5.74) is 1.00. The minimum atomic E-state index is -0.649. The van der Waals surface area contributed by atoms with E-state index in [-0.39, 0.29) is 11.1 Å². The number of hydrogen-bond donors (Lipinski definition) is 1. The topological polar surface area (TPSA) is 92.6 Å². The molecule has 0 fully saturated rings. The molecule has 0 bridgehead atoms. The number of nitrogens with one attached hydrogen (secondary N) is 1. The van der Waals surface area contributed by atoms with E-state index < -0.39 is 22.3 Å². The second kappa shape index (κ2) is 10.2. The van der Waals surface area contributed by atoms with E-state index in [0.29, 0.717) is 25.2 Å². The maximum atomic E-state index is 12.7. The van der Waals surface area contributed by atoms with E-state index in [1.807, 2.05) is 18.7 Å². The van der Waals surface area contributed by atoms with Gasteiger partial charge in [0.15, 0.2) is 5.78 Å². The second-order valence-electron chi connectivity index (χ2n) is 6.51. The van der Waals surface area contributed by atoms with E-state index in [0.717, 1.165) is 18.2 Å². The van der Waals surface area contributed by atoms with Gasteiger partial charge in [-0.05, 0) is 25.6 Å². The van der Waals surface area contributed by atoms with Gasteiger partial charge in [0.2, 0.25) is 0 Å². The number of nitrogens with zero attached hydrogens (tertiary/aromatic N) is 2. The molecule has 150 valence electrons. The van der Waals surface area contributed by atoms with Crippen molar-refractivity contribution in [3.05, 3.63) is 74.8 Å². The van der Waals surface area contributed by atoms with E-state index in [1.165, 1.54) is 12.1 Å². The molecular weight excluding hydrogens is 370 g/mol. The van der Waals surface area contributed by atoms with E-state index in [1.54, 1.807) is 24.3 Å². The summed E-state index contributed by atoms with van der Waals surface area (Å²) in [5.74, 6) is 1.64. The molecule has 0 atom stereocenters. The predicted molar refractivity (Wildman–Crippen MR) is 111 cm³/mol. The first-order valence-electron chi connectivity index (χ1n) is 9.21. The van der Waals surface area contributed by atoms with Gasteiger partial charge in [-0.2, -0.15) is 0 Å². The van der Waals surface area contributed by atoms with Crippen LogP contribution in [-0.2, 0) is 0 Å². The van der Waals surface area contributed by atoms with Crippen molar-refractivity contribution in [1.29, 1.82) is 0 Å². The number of nitro groups is 1. The second-order valence-corrected chi connectivity index (χ2v) is 6.51. The van der Waals surface area contributed by atoms with Crippen LogP contribution in [0.3, 0.4) is 0 Å². The van der Waals surface area contributed by atoms with Gasteiger partial charge in [-0.1, -0.05) is 42.7 Å². The highest BCUT2D eigenvalue weighted by Crippen LogP contribution is 2.23. The Morgan fingerprint density at radius 3 is 2.41 bits per heavy atom. The van der Waals surface area contributed by atoms with E-state index in [9.17, 15) is 19.7 Å². The van der Waals surface area contributed by atoms with Crippen molar-refractivity contribution in [2.24, 2.45) is 0 Å². The molecule has 2 rings (SSSR count). The maximum Gasteiger partial charge on any atom is 0.281 e. The van der Waals surface area contributed by atoms with Crippen LogP contribution in [0.4, 0.5) is 5.69 Å². The van der Waals surface area contributed by atoms with Gasteiger partial charge in [-0.15, -0.1) is 6.42 Å². The van der Waals surface area contributed by atoms with Crippen LogP contribution in [0, 0.1) is 29.4 Å². The van der Waals surface area contributed by atoms with Gasteiger partial charge in [0, 0.05) is 30.3 Å². The van der Waals surface area contributed by atoms with Gasteiger partial charge in [0.25, 0.3) is 11.6 Å². The van der Waals surface area contributed by atoms with Gasteiger partial charge < -0.3 is 5.32 Å².